The van der Waals surface area contributed by atoms with Crippen LogP contribution >= 0.6 is 0 Å². The lowest BCUT2D eigenvalue weighted by Gasteiger charge is -2.19. The lowest BCUT2D eigenvalue weighted by atomic mass is 9.98. The second-order valence-corrected chi connectivity index (χ2v) is 19.0. The molecule has 1 aliphatic heterocycles. The molecule has 5 heterocycles. The van der Waals surface area contributed by atoms with Gasteiger partial charge in [-0.25, -0.2) is 15.0 Å². The minimum atomic E-state index is -2.13. The molecule has 0 saturated carbocycles. The molecule has 4 aromatic heterocycles. The summed E-state index contributed by atoms with van der Waals surface area (Å²) in [5.74, 6) is 1.71. The maximum absolute atomic E-state index is 6.84. The predicted molar refractivity (Wildman–Crippen MR) is 220 cm³/mol. The summed E-state index contributed by atoms with van der Waals surface area (Å²) >= 11 is 0. The molecule has 0 bridgehead atoms. The van der Waals surface area contributed by atoms with E-state index in [1.807, 2.05) is 66.7 Å². The first-order valence-corrected chi connectivity index (χ1v) is 21.2. The van der Waals surface area contributed by atoms with E-state index in [2.05, 4.69) is 85.9 Å². The van der Waals surface area contributed by atoms with Gasteiger partial charge >= 0.3 is 0 Å². The van der Waals surface area contributed by atoms with Crippen molar-refractivity contribution in [3.8, 4) is 45.3 Å². The van der Waals surface area contributed by atoms with Crippen molar-refractivity contribution in [2.45, 2.75) is 13.1 Å². The number of fused-ring (bicyclic) bond motifs is 13. The molecule has 11 aromatic rings. The van der Waals surface area contributed by atoms with Crippen molar-refractivity contribution in [2.75, 3.05) is 0 Å². The molecule has 0 saturated heterocycles. The smallest absolute Gasteiger partial charge is 0.164 e. The molecule has 7 heteroatoms. The molecule has 7 aromatic carbocycles. The summed E-state index contributed by atoms with van der Waals surface area (Å²) in [4.78, 5) is 16.0. The van der Waals surface area contributed by atoms with Crippen LogP contribution in [0.3, 0.4) is 0 Å². The SMILES string of the molecule is C[Si]1(C)c2ccccc2-c2c1cc(-c1nc(-c3ccc4c(c3)oc3ccccc34)nc(-c3cccc4oc5ccccc5c34)n1)c1c2oc2ccccc21. The van der Waals surface area contributed by atoms with E-state index in [9.17, 15) is 0 Å². The van der Waals surface area contributed by atoms with E-state index in [0.717, 1.165) is 82.5 Å². The van der Waals surface area contributed by atoms with Crippen LogP contribution in [0.5, 0.6) is 0 Å². The maximum Gasteiger partial charge on any atom is 0.164 e. The maximum atomic E-state index is 6.84. The van der Waals surface area contributed by atoms with E-state index in [4.69, 9.17) is 28.2 Å². The minimum absolute atomic E-state index is 0.559. The van der Waals surface area contributed by atoms with Crippen LogP contribution in [0.2, 0.25) is 13.1 Å². The molecule has 54 heavy (non-hydrogen) atoms. The van der Waals surface area contributed by atoms with Crippen LogP contribution < -0.4 is 10.4 Å². The molecule has 12 rings (SSSR count). The molecular weight excluding hydrogens is 683 g/mol. The van der Waals surface area contributed by atoms with Gasteiger partial charge in [-0.3, -0.25) is 0 Å². The number of aromatic nitrogens is 3. The zero-order chi connectivity index (χ0) is 35.7. The fourth-order valence-corrected chi connectivity index (χ4v) is 11.9. The molecule has 0 atom stereocenters. The van der Waals surface area contributed by atoms with Crippen molar-refractivity contribution in [3.63, 3.8) is 0 Å². The third-order valence-corrected chi connectivity index (χ3v) is 14.9. The third kappa shape index (κ3) is 4.01. The van der Waals surface area contributed by atoms with Gasteiger partial charge in [-0.15, -0.1) is 0 Å². The van der Waals surface area contributed by atoms with Crippen molar-refractivity contribution < 1.29 is 13.3 Å². The average Bonchev–Trinajstić information content (AvgIpc) is 3.95. The standard InChI is InChI=1S/C47H29N3O3Si/c1-54(2)39-21-10-6-15-31(39)43-40(54)25-33(42-30-14-5-9-19-36(30)53-44(42)43)47-49-45(26-22-23-28-27-12-3-7-17-34(27)52-38(28)24-26)48-46(50-47)32-16-11-20-37-41(32)29-13-4-8-18-35(29)51-37/h3-25H,1-2H3. The zero-order valence-corrected chi connectivity index (χ0v) is 30.3. The summed E-state index contributed by atoms with van der Waals surface area (Å²) in [7, 11) is -2.13. The predicted octanol–water partition coefficient (Wildman–Crippen LogP) is 11.4. The Bertz CT molecular complexity index is 3390. The summed E-state index contributed by atoms with van der Waals surface area (Å²) in [5, 5.41) is 8.89. The van der Waals surface area contributed by atoms with Crippen LogP contribution in [0.4, 0.5) is 0 Å². The Morgan fingerprint density at radius 1 is 0.407 bits per heavy atom. The fraction of sp³-hybridized carbons (Fsp3) is 0.0426. The monoisotopic (exact) mass is 711 g/mol. The van der Waals surface area contributed by atoms with E-state index in [0.29, 0.717) is 17.5 Å². The summed E-state index contributed by atoms with van der Waals surface area (Å²) < 4.78 is 19.5. The van der Waals surface area contributed by atoms with Crippen molar-refractivity contribution in [2.24, 2.45) is 0 Å². The van der Waals surface area contributed by atoms with E-state index in [-0.39, 0.29) is 0 Å². The molecule has 6 nitrogen and oxygen atoms in total. The highest BCUT2D eigenvalue weighted by molar-refractivity contribution is 7.04. The van der Waals surface area contributed by atoms with E-state index >= 15 is 0 Å². The Morgan fingerprint density at radius 3 is 1.80 bits per heavy atom. The van der Waals surface area contributed by atoms with Crippen LogP contribution in [-0.4, -0.2) is 23.0 Å². The number of furan rings is 3. The second kappa shape index (κ2) is 10.6. The van der Waals surface area contributed by atoms with Crippen LogP contribution in [0.25, 0.3) is 111 Å². The topological polar surface area (TPSA) is 78.1 Å². The highest BCUT2D eigenvalue weighted by atomic mass is 28.3. The highest BCUT2D eigenvalue weighted by Crippen LogP contribution is 2.44. The van der Waals surface area contributed by atoms with Gasteiger partial charge < -0.3 is 13.3 Å². The number of hydrogen-bond donors (Lipinski definition) is 0. The van der Waals surface area contributed by atoms with Gasteiger partial charge in [0.05, 0.1) is 0 Å². The van der Waals surface area contributed by atoms with Crippen molar-refractivity contribution in [1.29, 1.82) is 0 Å². The summed E-state index contributed by atoms with van der Waals surface area (Å²) in [6, 6.07) is 48.0. The van der Waals surface area contributed by atoms with Gasteiger partial charge in [-0.1, -0.05) is 110 Å². The zero-order valence-electron chi connectivity index (χ0n) is 29.3. The highest BCUT2D eigenvalue weighted by Gasteiger charge is 2.40. The van der Waals surface area contributed by atoms with Crippen LogP contribution in [0, 0.1) is 0 Å². The largest absolute Gasteiger partial charge is 0.456 e. The number of hydrogen-bond acceptors (Lipinski definition) is 6. The first-order valence-electron chi connectivity index (χ1n) is 18.2. The van der Waals surface area contributed by atoms with E-state index in [1.165, 1.54) is 21.5 Å². The molecule has 0 radical (unpaired) electrons. The second-order valence-electron chi connectivity index (χ2n) is 14.7. The minimum Gasteiger partial charge on any atom is -0.456 e. The normalized spacial score (nSPS) is 13.5. The first-order chi connectivity index (χ1) is 26.5. The van der Waals surface area contributed by atoms with Crippen LogP contribution in [0.15, 0.2) is 153 Å². The van der Waals surface area contributed by atoms with Gasteiger partial charge in [0.25, 0.3) is 0 Å². The summed E-state index contributed by atoms with van der Waals surface area (Å²) in [6.07, 6.45) is 0. The quantitative estimate of drug-likeness (QED) is 0.170. The van der Waals surface area contributed by atoms with Crippen LogP contribution in [0.1, 0.15) is 0 Å². The molecule has 254 valence electrons. The van der Waals surface area contributed by atoms with Crippen molar-refractivity contribution >= 4 is 84.3 Å². The Hall–Kier alpha value is -6.83. The fourth-order valence-electron chi connectivity index (χ4n) is 8.80. The molecule has 0 amide bonds. The van der Waals surface area contributed by atoms with Gasteiger partial charge in [-0.2, -0.15) is 0 Å². The molecule has 0 spiro atoms. The number of para-hydroxylation sites is 3. The lowest BCUT2D eigenvalue weighted by Crippen LogP contribution is -2.49. The molecule has 0 fully saturated rings. The third-order valence-electron chi connectivity index (χ3n) is 11.3. The Labute approximate surface area is 309 Å². The molecular formula is C47H29N3O3Si. The number of benzene rings is 7. The van der Waals surface area contributed by atoms with Crippen molar-refractivity contribution in [3.05, 3.63) is 140 Å². The molecule has 0 aliphatic carbocycles. The van der Waals surface area contributed by atoms with Gasteiger partial charge in [0.15, 0.2) is 17.5 Å². The molecule has 0 unspecified atom stereocenters. The number of rotatable bonds is 3. The Kier molecular flexibility index (Phi) is 5.84. The van der Waals surface area contributed by atoms with Crippen LogP contribution in [-0.2, 0) is 0 Å². The van der Waals surface area contributed by atoms with Crippen molar-refractivity contribution in [1.82, 2.24) is 15.0 Å². The van der Waals surface area contributed by atoms with Gasteiger partial charge in [0, 0.05) is 54.6 Å². The van der Waals surface area contributed by atoms with E-state index in [1.54, 1.807) is 0 Å². The number of nitrogens with zero attached hydrogens (tertiary/aromatic N) is 3. The van der Waals surface area contributed by atoms with Gasteiger partial charge in [-0.05, 0) is 58.4 Å². The van der Waals surface area contributed by atoms with Gasteiger partial charge in [0.2, 0.25) is 0 Å². The average molecular weight is 712 g/mol. The summed E-state index contributed by atoms with van der Waals surface area (Å²) in [6.45, 7) is 4.85. The molecule has 0 N–H and O–H groups in total. The van der Waals surface area contributed by atoms with Gasteiger partial charge in [0.1, 0.15) is 41.6 Å². The Balaban J connectivity index is 1.19. The lowest BCUT2D eigenvalue weighted by molar-refractivity contribution is 0.668. The Morgan fingerprint density at radius 2 is 0.981 bits per heavy atom. The van der Waals surface area contributed by atoms with E-state index < -0.39 is 8.07 Å². The summed E-state index contributed by atoms with van der Waals surface area (Å²) in [5.41, 5.74) is 10.1. The molecule has 1 aliphatic rings. The first kappa shape index (κ1) is 29.7.